The van der Waals surface area contributed by atoms with Crippen LogP contribution in [0.5, 0.6) is 0 Å². The molecule has 2 aliphatic rings. The van der Waals surface area contributed by atoms with Gasteiger partial charge in [0, 0.05) is 85.2 Å². The zero-order valence-corrected chi connectivity index (χ0v) is 39.4. The Bertz CT molecular complexity index is 3040. The summed E-state index contributed by atoms with van der Waals surface area (Å²) in [6.07, 6.45) is 3.63. The molecule has 64 heavy (non-hydrogen) atoms. The average Bonchev–Trinajstić information content (AvgIpc) is 3.31. The molecule has 0 bridgehead atoms. The summed E-state index contributed by atoms with van der Waals surface area (Å²) >= 11 is 3.72. The van der Waals surface area contributed by atoms with E-state index in [0.717, 1.165) is 72.3 Å². The highest BCUT2D eigenvalue weighted by Crippen LogP contribution is 2.44. The molecule has 0 unspecified atom stereocenters. The van der Waals surface area contributed by atoms with Crippen molar-refractivity contribution in [2.45, 2.75) is 68.1 Å². The van der Waals surface area contributed by atoms with Crippen LogP contribution in [0.15, 0.2) is 177 Å². The Labute approximate surface area is 386 Å². The van der Waals surface area contributed by atoms with E-state index in [1.165, 1.54) is 49.5 Å². The summed E-state index contributed by atoms with van der Waals surface area (Å²) in [7, 11) is -4.83. The molecule has 9 heteroatoms. The molecule has 6 nitrogen and oxygen atoms in total. The number of aryl methyl sites for hydroxylation is 4. The predicted molar refractivity (Wildman–Crippen MR) is 268 cm³/mol. The summed E-state index contributed by atoms with van der Waals surface area (Å²) in [5.41, 5.74) is 10.6. The molecule has 0 atom stereocenters. The van der Waals surface area contributed by atoms with Crippen molar-refractivity contribution in [3.05, 3.63) is 185 Å². The van der Waals surface area contributed by atoms with Crippen molar-refractivity contribution in [3.63, 3.8) is 0 Å². The van der Waals surface area contributed by atoms with Crippen LogP contribution in [-0.2, 0) is 23.0 Å². The molecule has 0 amide bonds. The lowest BCUT2D eigenvalue weighted by Gasteiger charge is -2.29. The summed E-state index contributed by atoms with van der Waals surface area (Å²) in [5.74, 6) is 2.50. The Balaban J connectivity index is 1.32. The molecule has 0 fully saturated rings. The molecule has 1 aliphatic carbocycles. The monoisotopic (exact) mass is 902 g/mol. The van der Waals surface area contributed by atoms with E-state index in [1.807, 2.05) is 47.8 Å². The lowest BCUT2D eigenvalue weighted by Crippen LogP contribution is -2.28. The van der Waals surface area contributed by atoms with Gasteiger partial charge in [0.2, 0.25) is 11.0 Å². The van der Waals surface area contributed by atoms with Crippen molar-refractivity contribution in [2.75, 3.05) is 29.5 Å². The van der Waals surface area contributed by atoms with Gasteiger partial charge in [-0.05, 0) is 98.5 Å². The maximum absolute atomic E-state index is 12.9. The molecule has 8 rings (SSSR count). The Kier molecular flexibility index (Phi) is 14.4. The van der Waals surface area contributed by atoms with Crippen LogP contribution in [-0.4, -0.2) is 37.6 Å². The molecule has 6 aromatic rings. The first-order chi connectivity index (χ1) is 31.1. The Hall–Kier alpha value is -5.58. The van der Waals surface area contributed by atoms with Gasteiger partial charge in [-0.3, -0.25) is 0 Å². The number of thioether (sulfide) groups is 2. The van der Waals surface area contributed by atoms with Crippen molar-refractivity contribution < 1.29 is 17.4 Å². The molecule has 6 aromatic carbocycles. The van der Waals surface area contributed by atoms with Gasteiger partial charge < -0.3 is 13.9 Å². The molecule has 1 aliphatic heterocycles. The second-order valence-corrected chi connectivity index (χ2v) is 19.7. The Morgan fingerprint density at radius 2 is 1.28 bits per heavy atom. The van der Waals surface area contributed by atoms with E-state index in [4.69, 9.17) is 4.42 Å². The number of hydrogen-bond donors (Lipinski definition) is 0. The molecule has 0 saturated carbocycles. The minimum atomic E-state index is -4.83. The van der Waals surface area contributed by atoms with Gasteiger partial charge in [0.1, 0.15) is 28.0 Å². The van der Waals surface area contributed by atoms with Crippen LogP contribution in [0.25, 0.3) is 33.4 Å². The normalized spacial score (nSPS) is 12.2. The lowest BCUT2D eigenvalue weighted by atomic mass is 9.93. The van der Waals surface area contributed by atoms with Gasteiger partial charge >= 0.3 is 0 Å². The van der Waals surface area contributed by atoms with E-state index in [-0.39, 0.29) is 4.90 Å². The van der Waals surface area contributed by atoms with Gasteiger partial charge in [-0.2, -0.15) is 4.58 Å². The van der Waals surface area contributed by atoms with Gasteiger partial charge in [-0.15, -0.1) is 23.5 Å². The third-order valence-electron chi connectivity index (χ3n) is 11.8. The summed E-state index contributed by atoms with van der Waals surface area (Å²) in [6.45, 7) is 10.3. The number of fused-ring (bicyclic) bond motifs is 2. The van der Waals surface area contributed by atoms with Gasteiger partial charge in [-0.25, -0.2) is 8.42 Å². The molecular weight excluding hydrogens is 849 g/mol. The standard InChI is InChI=1S/C55H54N2O4S3/c1-5-41-21-15-19-39(3)54(41)56(33-17-35-62-45-23-9-7-10-24-45)43-29-31-47-50(37-43)61-51-38-44(30-32-48(51)53(47)49-27-13-14-28-52(49)64(58,59)60)57(55-40(4)20-16-22-42(55)6-2)34-18-36-63-46-25-11-8-12-26-46/h7-16,19-32,37-38H,5-6,17-18,33-36H2,1-4H3. The highest BCUT2D eigenvalue weighted by Gasteiger charge is 2.25. The van der Waals surface area contributed by atoms with Crippen LogP contribution >= 0.6 is 23.5 Å². The first-order valence-corrected chi connectivity index (χ1v) is 25.5. The van der Waals surface area contributed by atoms with Crippen molar-refractivity contribution >= 4 is 61.7 Å². The largest absolute Gasteiger partial charge is 0.744 e. The highest BCUT2D eigenvalue weighted by atomic mass is 32.2. The summed E-state index contributed by atoms with van der Waals surface area (Å²) < 4.78 is 48.2. The van der Waals surface area contributed by atoms with Crippen LogP contribution in [0.4, 0.5) is 17.1 Å². The van der Waals surface area contributed by atoms with Gasteiger partial charge in [0.15, 0.2) is 0 Å². The van der Waals surface area contributed by atoms with Gasteiger partial charge in [-0.1, -0.05) is 105 Å². The Morgan fingerprint density at radius 3 is 1.97 bits per heavy atom. The quantitative estimate of drug-likeness (QED) is 0.0296. The maximum Gasteiger partial charge on any atom is 0.211 e. The molecule has 0 N–H and O–H groups in total. The van der Waals surface area contributed by atoms with E-state index in [9.17, 15) is 13.0 Å². The smallest absolute Gasteiger partial charge is 0.211 e. The van der Waals surface area contributed by atoms with Crippen molar-refractivity contribution in [1.82, 2.24) is 4.58 Å². The highest BCUT2D eigenvalue weighted by molar-refractivity contribution is 7.99. The molecule has 0 aromatic heterocycles. The third-order valence-corrected chi connectivity index (χ3v) is 14.8. The zero-order valence-electron chi connectivity index (χ0n) is 36.9. The number of para-hydroxylation sites is 2. The SMILES string of the molecule is CCc1cccc(C)c1N(CCCSc1ccccc1)c1ccc2c(-c3ccccc3S(=O)(=O)[O-])c3ccc(=[N+](CCCSc4ccccc4)c4c(C)cccc4CC)cc-3oc2c1. The number of anilines is 2. The van der Waals surface area contributed by atoms with E-state index in [1.54, 1.807) is 18.2 Å². The molecule has 326 valence electrons. The number of nitrogens with zero attached hydrogens (tertiary/aromatic N) is 2. The van der Waals surface area contributed by atoms with Crippen LogP contribution in [0.3, 0.4) is 0 Å². The molecule has 0 radical (unpaired) electrons. The number of benzene rings is 7. The fourth-order valence-electron chi connectivity index (χ4n) is 8.77. The topological polar surface area (TPSA) is 76.6 Å². The second kappa shape index (κ2) is 20.5. The molecule has 0 spiro atoms. The van der Waals surface area contributed by atoms with Crippen LogP contribution < -0.4 is 14.8 Å². The molecular formula is C55H54N2O4S3. The van der Waals surface area contributed by atoms with E-state index in [0.29, 0.717) is 22.5 Å². The van der Waals surface area contributed by atoms with Crippen LogP contribution in [0.1, 0.15) is 48.9 Å². The van der Waals surface area contributed by atoms with E-state index in [2.05, 4.69) is 146 Å². The van der Waals surface area contributed by atoms with Crippen molar-refractivity contribution in [3.8, 4) is 22.5 Å². The first kappa shape index (κ1) is 45.0. The average molecular weight is 903 g/mol. The lowest BCUT2D eigenvalue weighted by molar-refractivity contribution is 0.463. The molecule has 1 heterocycles. The fourth-order valence-corrected chi connectivity index (χ4v) is 11.2. The van der Waals surface area contributed by atoms with E-state index >= 15 is 0 Å². The minimum Gasteiger partial charge on any atom is -0.744 e. The summed E-state index contributed by atoms with van der Waals surface area (Å²) in [6, 6.07) is 53.0. The van der Waals surface area contributed by atoms with Crippen LogP contribution in [0.2, 0.25) is 0 Å². The summed E-state index contributed by atoms with van der Waals surface area (Å²) in [5, 5.41) is 1.70. The molecule has 0 saturated heterocycles. The zero-order chi connectivity index (χ0) is 44.6. The van der Waals surface area contributed by atoms with Crippen molar-refractivity contribution in [1.29, 1.82) is 0 Å². The van der Waals surface area contributed by atoms with E-state index < -0.39 is 10.1 Å². The maximum atomic E-state index is 12.9. The Morgan fingerprint density at radius 1 is 0.641 bits per heavy atom. The summed E-state index contributed by atoms with van der Waals surface area (Å²) in [4.78, 5) is 4.65. The minimum absolute atomic E-state index is 0.257. The van der Waals surface area contributed by atoms with Crippen molar-refractivity contribution in [2.24, 2.45) is 0 Å². The fraction of sp³-hybridized carbons (Fsp3) is 0.218. The number of rotatable bonds is 17. The number of hydrogen-bond acceptors (Lipinski definition) is 7. The predicted octanol–water partition coefficient (Wildman–Crippen LogP) is 13.5. The third kappa shape index (κ3) is 10.0. The van der Waals surface area contributed by atoms with Gasteiger partial charge in [0.05, 0.1) is 11.0 Å². The first-order valence-electron chi connectivity index (χ1n) is 22.1. The van der Waals surface area contributed by atoms with Gasteiger partial charge in [0.25, 0.3) is 0 Å². The van der Waals surface area contributed by atoms with Crippen LogP contribution in [0, 0.1) is 13.8 Å². The second-order valence-electron chi connectivity index (χ2n) is 16.0.